The molecule has 0 aliphatic carbocycles. The summed E-state index contributed by atoms with van der Waals surface area (Å²) in [5, 5.41) is 9.23. The highest BCUT2D eigenvalue weighted by Gasteiger charge is 2.40. The zero-order valence-corrected chi connectivity index (χ0v) is 13.5. The summed E-state index contributed by atoms with van der Waals surface area (Å²) in [6.07, 6.45) is 1.26. The van der Waals surface area contributed by atoms with Crippen LogP contribution in [0, 0.1) is 17.8 Å². The smallest absolute Gasteiger partial charge is 0.308 e. The van der Waals surface area contributed by atoms with Crippen molar-refractivity contribution in [2.75, 3.05) is 6.54 Å². The third-order valence-electron chi connectivity index (χ3n) is 4.78. The number of likely N-dealkylation sites (tertiary alicyclic amines) is 1. The third kappa shape index (κ3) is 3.49. The maximum Gasteiger partial charge on any atom is 0.308 e. The molecule has 3 unspecified atom stereocenters. The van der Waals surface area contributed by atoms with E-state index < -0.39 is 11.9 Å². The van der Waals surface area contributed by atoms with E-state index in [2.05, 4.69) is 13.8 Å². The summed E-state index contributed by atoms with van der Waals surface area (Å²) >= 11 is 0. The average molecular weight is 303 g/mol. The summed E-state index contributed by atoms with van der Waals surface area (Å²) in [7, 11) is 0. The van der Waals surface area contributed by atoms with Gasteiger partial charge < -0.3 is 10.0 Å². The Morgan fingerprint density at radius 1 is 1.27 bits per heavy atom. The second kappa shape index (κ2) is 6.95. The molecule has 2 rings (SSSR count). The first kappa shape index (κ1) is 16.5. The van der Waals surface area contributed by atoms with E-state index in [0.29, 0.717) is 19.4 Å². The number of aliphatic carboxylic acids is 1. The molecular weight excluding hydrogens is 278 g/mol. The van der Waals surface area contributed by atoms with E-state index in [-0.39, 0.29) is 23.8 Å². The summed E-state index contributed by atoms with van der Waals surface area (Å²) in [5.74, 6) is -1.02. The molecule has 1 N–H and O–H groups in total. The number of carbonyl (C=O) groups excluding carboxylic acids is 1. The van der Waals surface area contributed by atoms with Crippen LogP contribution in [0.25, 0.3) is 0 Å². The third-order valence-corrected chi connectivity index (χ3v) is 4.78. The summed E-state index contributed by atoms with van der Waals surface area (Å²) < 4.78 is 0. The lowest BCUT2D eigenvalue weighted by Gasteiger charge is -2.30. The van der Waals surface area contributed by atoms with E-state index >= 15 is 0 Å². The second-order valence-corrected chi connectivity index (χ2v) is 6.55. The highest BCUT2D eigenvalue weighted by Crippen LogP contribution is 2.29. The Kier molecular flexibility index (Phi) is 5.22. The highest BCUT2D eigenvalue weighted by molar-refractivity contribution is 5.82. The summed E-state index contributed by atoms with van der Waals surface area (Å²) in [6, 6.07) is 9.79. The molecule has 0 radical (unpaired) electrons. The van der Waals surface area contributed by atoms with E-state index in [4.69, 9.17) is 0 Å². The predicted octanol–water partition coefficient (Wildman–Crippen LogP) is 2.82. The number of amides is 1. The lowest BCUT2D eigenvalue weighted by molar-refractivity contribution is -0.144. The monoisotopic (exact) mass is 303 g/mol. The summed E-state index contributed by atoms with van der Waals surface area (Å²) in [6.45, 7) is 6.51. The van der Waals surface area contributed by atoms with Crippen molar-refractivity contribution >= 4 is 11.9 Å². The van der Waals surface area contributed by atoms with Crippen LogP contribution in [-0.4, -0.2) is 34.5 Å². The van der Waals surface area contributed by atoms with Crippen molar-refractivity contribution in [3.8, 4) is 0 Å². The van der Waals surface area contributed by atoms with Crippen molar-refractivity contribution in [1.82, 2.24) is 4.90 Å². The quantitative estimate of drug-likeness (QED) is 0.910. The lowest BCUT2D eigenvalue weighted by atomic mass is 9.87. The van der Waals surface area contributed by atoms with Crippen LogP contribution in [0.4, 0.5) is 0 Å². The van der Waals surface area contributed by atoms with Gasteiger partial charge in [0.05, 0.1) is 5.92 Å². The van der Waals surface area contributed by atoms with Crippen LogP contribution in [-0.2, 0) is 16.0 Å². The molecule has 0 saturated carbocycles. The van der Waals surface area contributed by atoms with Crippen LogP contribution in [0.2, 0.25) is 0 Å². The van der Waals surface area contributed by atoms with Gasteiger partial charge in [0.1, 0.15) is 0 Å². The molecule has 4 heteroatoms. The highest BCUT2D eigenvalue weighted by atomic mass is 16.4. The van der Waals surface area contributed by atoms with Gasteiger partial charge in [-0.3, -0.25) is 9.59 Å². The molecule has 1 aliphatic rings. The van der Waals surface area contributed by atoms with Crippen molar-refractivity contribution in [1.29, 1.82) is 0 Å². The molecule has 0 bridgehead atoms. The minimum absolute atomic E-state index is 0.0927. The fourth-order valence-corrected chi connectivity index (χ4v) is 3.27. The van der Waals surface area contributed by atoms with Gasteiger partial charge >= 0.3 is 5.97 Å². The first-order valence-electron chi connectivity index (χ1n) is 7.99. The standard InChI is InChI=1S/C18H25NO3/c1-12(2)16(11-14-7-5-4-6-8-14)17(20)19-10-9-15(13(19)3)18(21)22/h4-8,12-13,15-16H,9-11H2,1-3H3,(H,21,22). The SMILES string of the molecule is CC(C)C(Cc1ccccc1)C(=O)N1CCC(C(=O)O)C1C. The van der Waals surface area contributed by atoms with Crippen LogP contribution >= 0.6 is 0 Å². The number of carboxylic acids is 1. The molecule has 1 aromatic carbocycles. The van der Waals surface area contributed by atoms with Gasteiger partial charge in [-0.1, -0.05) is 44.2 Å². The van der Waals surface area contributed by atoms with Crippen molar-refractivity contribution in [2.24, 2.45) is 17.8 Å². The topological polar surface area (TPSA) is 57.6 Å². The second-order valence-electron chi connectivity index (χ2n) is 6.55. The first-order chi connectivity index (χ1) is 10.4. The number of hydrogen-bond acceptors (Lipinski definition) is 2. The number of benzene rings is 1. The van der Waals surface area contributed by atoms with Crippen LogP contribution in [0.1, 0.15) is 32.8 Å². The zero-order valence-electron chi connectivity index (χ0n) is 13.5. The van der Waals surface area contributed by atoms with Crippen LogP contribution in [0.3, 0.4) is 0 Å². The molecule has 1 aliphatic heterocycles. The molecule has 1 fully saturated rings. The number of hydrogen-bond donors (Lipinski definition) is 1. The minimum Gasteiger partial charge on any atom is -0.481 e. The number of nitrogens with zero attached hydrogens (tertiary/aromatic N) is 1. The molecule has 1 aromatic rings. The van der Waals surface area contributed by atoms with E-state index in [9.17, 15) is 14.7 Å². The molecular formula is C18H25NO3. The van der Waals surface area contributed by atoms with Gasteiger partial charge in [-0.15, -0.1) is 0 Å². The maximum atomic E-state index is 12.9. The van der Waals surface area contributed by atoms with E-state index in [1.54, 1.807) is 4.90 Å². The van der Waals surface area contributed by atoms with E-state index in [1.807, 2.05) is 37.3 Å². The molecule has 1 saturated heterocycles. The normalized spacial score (nSPS) is 22.8. The Labute approximate surface area is 132 Å². The molecule has 1 heterocycles. The maximum absolute atomic E-state index is 12.9. The van der Waals surface area contributed by atoms with Gasteiger partial charge in [-0.2, -0.15) is 0 Å². The van der Waals surface area contributed by atoms with E-state index in [1.165, 1.54) is 0 Å². The summed E-state index contributed by atoms with van der Waals surface area (Å²) in [5.41, 5.74) is 1.15. The Morgan fingerprint density at radius 3 is 2.41 bits per heavy atom. The van der Waals surface area contributed by atoms with Crippen molar-refractivity contribution in [2.45, 2.75) is 39.7 Å². The van der Waals surface area contributed by atoms with Crippen molar-refractivity contribution in [3.05, 3.63) is 35.9 Å². The van der Waals surface area contributed by atoms with Gasteiger partial charge in [0.15, 0.2) is 0 Å². The molecule has 22 heavy (non-hydrogen) atoms. The van der Waals surface area contributed by atoms with Gasteiger partial charge in [-0.25, -0.2) is 0 Å². The fraction of sp³-hybridized carbons (Fsp3) is 0.556. The Morgan fingerprint density at radius 2 is 1.91 bits per heavy atom. The van der Waals surface area contributed by atoms with Gasteiger partial charge in [-0.05, 0) is 31.2 Å². The molecule has 3 atom stereocenters. The molecule has 120 valence electrons. The van der Waals surface area contributed by atoms with Gasteiger partial charge in [0.2, 0.25) is 5.91 Å². The number of carbonyl (C=O) groups is 2. The summed E-state index contributed by atoms with van der Waals surface area (Å²) in [4.78, 5) is 25.9. The largest absolute Gasteiger partial charge is 0.481 e. The Bertz CT molecular complexity index is 526. The van der Waals surface area contributed by atoms with Crippen molar-refractivity contribution < 1.29 is 14.7 Å². The van der Waals surface area contributed by atoms with Gasteiger partial charge in [0.25, 0.3) is 0 Å². The predicted molar refractivity (Wildman–Crippen MR) is 85.4 cm³/mol. The minimum atomic E-state index is -0.799. The number of rotatable bonds is 5. The van der Waals surface area contributed by atoms with E-state index in [0.717, 1.165) is 5.56 Å². The molecule has 0 aromatic heterocycles. The van der Waals surface area contributed by atoms with Crippen LogP contribution < -0.4 is 0 Å². The molecule has 0 spiro atoms. The van der Waals surface area contributed by atoms with Crippen LogP contribution in [0.5, 0.6) is 0 Å². The Hall–Kier alpha value is -1.84. The van der Waals surface area contributed by atoms with Crippen LogP contribution in [0.15, 0.2) is 30.3 Å². The number of carboxylic acid groups (broad SMARTS) is 1. The lowest BCUT2D eigenvalue weighted by Crippen LogP contribution is -2.43. The fourth-order valence-electron chi connectivity index (χ4n) is 3.27. The average Bonchev–Trinajstić information content (AvgIpc) is 2.86. The first-order valence-corrected chi connectivity index (χ1v) is 7.99. The molecule has 1 amide bonds. The van der Waals surface area contributed by atoms with Crippen molar-refractivity contribution in [3.63, 3.8) is 0 Å². The molecule has 4 nitrogen and oxygen atoms in total. The zero-order chi connectivity index (χ0) is 16.3. The Balaban J connectivity index is 2.12. The van der Waals surface area contributed by atoms with Gasteiger partial charge in [0, 0.05) is 18.5 Å².